The van der Waals surface area contributed by atoms with E-state index in [1.807, 2.05) is 19.1 Å². The molecule has 4 heteroatoms. The molecule has 0 aliphatic rings. The van der Waals surface area contributed by atoms with E-state index in [9.17, 15) is 9.50 Å². The van der Waals surface area contributed by atoms with E-state index in [-0.39, 0.29) is 5.75 Å². The molecule has 0 amide bonds. The van der Waals surface area contributed by atoms with Gasteiger partial charge in [-0.15, -0.1) is 0 Å². The third-order valence-corrected chi connectivity index (χ3v) is 3.29. The maximum atomic E-state index is 13.9. The summed E-state index contributed by atoms with van der Waals surface area (Å²) in [5, 5.41) is 9.39. The van der Waals surface area contributed by atoms with Crippen LogP contribution in [0.5, 0.6) is 11.5 Å². The van der Waals surface area contributed by atoms with Crippen molar-refractivity contribution in [3.05, 3.63) is 57.8 Å². The van der Waals surface area contributed by atoms with E-state index in [4.69, 9.17) is 4.74 Å². The van der Waals surface area contributed by atoms with Gasteiger partial charge in [0.25, 0.3) is 0 Å². The predicted molar refractivity (Wildman–Crippen MR) is 76.0 cm³/mol. The second kappa shape index (κ2) is 5.72. The van der Waals surface area contributed by atoms with Gasteiger partial charge in [-0.1, -0.05) is 22.0 Å². The van der Waals surface area contributed by atoms with Crippen molar-refractivity contribution in [3.8, 4) is 11.5 Å². The van der Waals surface area contributed by atoms with Crippen molar-refractivity contribution >= 4 is 15.9 Å². The average Bonchev–Trinajstić information content (AvgIpc) is 2.34. The molecule has 1 atom stereocenters. The van der Waals surface area contributed by atoms with Gasteiger partial charge in [-0.05, 0) is 55.3 Å². The van der Waals surface area contributed by atoms with Crippen LogP contribution in [-0.2, 0) is 0 Å². The molecule has 100 valence electrons. The predicted octanol–water partition coefficient (Wildman–Crippen LogP) is 4.74. The zero-order valence-electron chi connectivity index (χ0n) is 10.7. The van der Waals surface area contributed by atoms with Gasteiger partial charge >= 0.3 is 0 Å². The second-order valence-electron chi connectivity index (χ2n) is 4.38. The molecule has 0 bridgehead atoms. The van der Waals surface area contributed by atoms with Crippen LogP contribution in [-0.4, -0.2) is 5.11 Å². The number of benzene rings is 2. The number of rotatable bonds is 3. The zero-order valence-corrected chi connectivity index (χ0v) is 12.2. The molecule has 0 aliphatic carbocycles. The Hall–Kier alpha value is -1.39. The molecule has 0 heterocycles. The molecule has 2 rings (SSSR count). The van der Waals surface area contributed by atoms with E-state index < -0.39 is 11.9 Å². The van der Waals surface area contributed by atoms with Crippen LogP contribution in [0.15, 0.2) is 40.9 Å². The standard InChI is InChI=1S/C15H14BrFO2/c1-9-7-12(16)4-6-14(9)19-15-5-3-11(10(2)18)8-13(15)17/h3-8,10,18H,1-2H3/t10-/m0/s1. The zero-order chi connectivity index (χ0) is 14.0. The molecule has 2 aromatic carbocycles. The fourth-order valence-corrected chi connectivity index (χ4v) is 2.18. The van der Waals surface area contributed by atoms with Crippen molar-refractivity contribution in [2.24, 2.45) is 0 Å². The number of ether oxygens (including phenoxy) is 1. The smallest absolute Gasteiger partial charge is 0.166 e. The highest BCUT2D eigenvalue weighted by Crippen LogP contribution is 2.30. The molecule has 2 nitrogen and oxygen atoms in total. The minimum absolute atomic E-state index is 0.148. The van der Waals surface area contributed by atoms with Crippen LogP contribution in [0, 0.1) is 12.7 Å². The Kier molecular flexibility index (Phi) is 4.22. The van der Waals surface area contributed by atoms with Crippen molar-refractivity contribution < 1.29 is 14.2 Å². The molecule has 0 radical (unpaired) electrons. The van der Waals surface area contributed by atoms with Gasteiger partial charge < -0.3 is 9.84 Å². The van der Waals surface area contributed by atoms with E-state index in [1.54, 1.807) is 19.1 Å². The number of hydrogen-bond donors (Lipinski definition) is 1. The summed E-state index contributed by atoms with van der Waals surface area (Å²) < 4.78 is 20.4. The monoisotopic (exact) mass is 324 g/mol. The number of aliphatic hydroxyl groups is 1. The Balaban J connectivity index is 2.28. The summed E-state index contributed by atoms with van der Waals surface area (Å²) >= 11 is 3.36. The minimum atomic E-state index is -0.696. The lowest BCUT2D eigenvalue weighted by Crippen LogP contribution is -1.95. The summed E-state index contributed by atoms with van der Waals surface area (Å²) in [7, 11) is 0. The lowest BCUT2D eigenvalue weighted by atomic mass is 10.1. The molecule has 0 aromatic heterocycles. The summed E-state index contributed by atoms with van der Waals surface area (Å²) in [6.45, 7) is 3.48. The van der Waals surface area contributed by atoms with Crippen LogP contribution in [0.4, 0.5) is 4.39 Å². The van der Waals surface area contributed by atoms with E-state index >= 15 is 0 Å². The first-order valence-electron chi connectivity index (χ1n) is 5.89. The third-order valence-electron chi connectivity index (χ3n) is 2.80. The van der Waals surface area contributed by atoms with Gasteiger partial charge in [0, 0.05) is 4.47 Å². The number of halogens is 2. The Morgan fingerprint density at radius 2 is 1.84 bits per heavy atom. The summed E-state index contributed by atoms with van der Waals surface area (Å²) in [5.74, 6) is 0.266. The largest absolute Gasteiger partial charge is 0.454 e. The van der Waals surface area contributed by atoms with Crippen molar-refractivity contribution in [3.63, 3.8) is 0 Å². The molecular formula is C15H14BrFO2. The minimum Gasteiger partial charge on any atom is -0.454 e. The van der Waals surface area contributed by atoms with E-state index in [1.165, 1.54) is 12.1 Å². The molecular weight excluding hydrogens is 311 g/mol. The van der Waals surface area contributed by atoms with Crippen LogP contribution in [0.2, 0.25) is 0 Å². The Morgan fingerprint density at radius 3 is 2.42 bits per heavy atom. The first-order valence-corrected chi connectivity index (χ1v) is 6.68. The average molecular weight is 325 g/mol. The number of hydrogen-bond acceptors (Lipinski definition) is 2. The third kappa shape index (κ3) is 3.33. The van der Waals surface area contributed by atoms with Crippen LogP contribution < -0.4 is 4.74 Å². The van der Waals surface area contributed by atoms with Crippen molar-refractivity contribution in [1.29, 1.82) is 0 Å². The van der Waals surface area contributed by atoms with Crippen LogP contribution in [0.3, 0.4) is 0 Å². The Bertz CT molecular complexity index is 597. The lowest BCUT2D eigenvalue weighted by Gasteiger charge is -2.11. The highest BCUT2D eigenvalue weighted by molar-refractivity contribution is 9.10. The summed E-state index contributed by atoms with van der Waals surface area (Å²) in [4.78, 5) is 0. The van der Waals surface area contributed by atoms with E-state index in [0.29, 0.717) is 11.3 Å². The molecule has 0 unspecified atom stereocenters. The van der Waals surface area contributed by atoms with E-state index in [2.05, 4.69) is 15.9 Å². The first-order chi connectivity index (χ1) is 8.97. The molecule has 0 spiro atoms. The van der Waals surface area contributed by atoms with Crippen LogP contribution >= 0.6 is 15.9 Å². The maximum Gasteiger partial charge on any atom is 0.166 e. The van der Waals surface area contributed by atoms with Gasteiger partial charge in [0.05, 0.1) is 6.10 Å². The summed E-state index contributed by atoms with van der Waals surface area (Å²) in [6.07, 6.45) is -0.696. The lowest BCUT2D eigenvalue weighted by molar-refractivity contribution is 0.198. The van der Waals surface area contributed by atoms with Crippen molar-refractivity contribution in [2.45, 2.75) is 20.0 Å². The molecule has 2 aromatic rings. The van der Waals surface area contributed by atoms with Crippen LogP contribution in [0.1, 0.15) is 24.2 Å². The normalized spacial score (nSPS) is 12.3. The van der Waals surface area contributed by atoms with Crippen molar-refractivity contribution in [1.82, 2.24) is 0 Å². The van der Waals surface area contributed by atoms with Crippen LogP contribution in [0.25, 0.3) is 0 Å². The molecule has 0 aliphatic heterocycles. The highest BCUT2D eigenvalue weighted by atomic mass is 79.9. The Morgan fingerprint density at radius 1 is 1.16 bits per heavy atom. The maximum absolute atomic E-state index is 13.9. The number of aliphatic hydroxyl groups excluding tert-OH is 1. The molecule has 0 saturated carbocycles. The summed E-state index contributed by atoms with van der Waals surface area (Å²) in [5.41, 5.74) is 1.44. The SMILES string of the molecule is Cc1cc(Br)ccc1Oc1ccc([C@H](C)O)cc1F. The second-order valence-corrected chi connectivity index (χ2v) is 5.29. The van der Waals surface area contributed by atoms with Crippen molar-refractivity contribution in [2.75, 3.05) is 0 Å². The highest BCUT2D eigenvalue weighted by Gasteiger charge is 2.10. The Labute approximate surface area is 120 Å². The molecule has 0 fully saturated rings. The fraction of sp³-hybridized carbons (Fsp3) is 0.200. The van der Waals surface area contributed by atoms with Gasteiger partial charge in [-0.2, -0.15) is 0 Å². The molecule has 19 heavy (non-hydrogen) atoms. The summed E-state index contributed by atoms with van der Waals surface area (Å²) in [6, 6.07) is 9.98. The fourth-order valence-electron chi connectivity index (χ4n) is 1.71. The molecule has 0 saturated heterocycles. The van der Waals surface area contributed by atoms with Gasteiger partial charge in [0.1, 0.15) is 5.75 Å². The first kappa shape index (κ1) is 14.0. The van der Waals surface area contributed by atoms with Gasteiger partial charge in [0.15, 0.2) is 11.6 Å². The van der Waals surface area contributed by atoms with Gasteiger partial charge in [0.2, 0.25) is 0 Å². The quantitative estimate of drug-likeness (QED) is 0.883. The molecule has 1 N–H and O–H groups in total. The topological polar surface area (TPSA) is 29.5 Å². The van der Waals surface area contributed by atoms with Gasteiger partial charge in [-0.25, -0.2) is 4.39 Å². The van der Waals surface area contributed by atoms with E-state index in [0.717, 1.165) is 10.0 Å². The number of aryl methyl sites for hydroxylation is 1. The van der Waals surface area contributed by atoms with Gasteiger partial charge in [-0.3, -0.25) is 0 Å².